The van der Waals surface area contributed by atoms with Crippen molar-refractivity contribution in [2.45, 2.75) is 25.3 Å². The Morgan fingerprint density at radius 2 is 2.11 bits per heavy atom. The minimum absolute atomic E-state index is 0.110. The molecule has 0 spiro atoms. The number of aliphatic carboxylic acids is 1. The van der Waals surface area contributed by atoms with Gasteiger partial charge in [-0.25, -0.2) is 0 Å². The average molecular weight is 244 g/mol. The van der Waals surface area contributed by atoms with Crippen LogP contribution >= 0.6 is 0 Å². The van der Waals surface area contributed by atoms with Crippen molar-refractivity contribution < 1.29 is 9.90 Å². The zero-order chi connectivity index (χ0) is 13.0. The predicted molar refractivity (Wildman–Crippen MR) is 70.3 cm³/mol. The van der Waals surface area contributed by atoms with Crippen molar-refractivity contribution in [2.75, 3.05) is 0 Å². The second kappa shape index (κ2) is 5.60. The molecule has 2 rings (SSSR count). The van der Waals surface area contributed by atoms with Crippen LogP contribution in [0.1, 0.15) is 18.4 Å². The van der Waals surface area contributed by atoms with Gasteiger partial charge in [0.05, 0.1) is 0 Å². The van der Waals surface area contributed by atoms with Crippen LogP contribution in [0.2, 0.25) is 0 Å². The highest BCUT2D eigenvalue weighted by molar-refractivity contribution is 5.84. The first kappa shape index (κ1) is 12.5. The molecule has 0 fully saturated rings. The number of hydrogen-bond acceptors (Lipinski definition) is 3. The molecule has 1 aromatic carbocycles. The smallest absolute Gasteiger partial charge is 0.303 e. The molecule has 3 N–H and O–H groups in total. The summed E-state index contributed by atoms with van der Waals surface area (Å²) in [6, 6.07) is 7.85. The molecule has 1 heterocycles. The summed E-state index contributed by atoms with van der Waals surface area (Å²) < 4.78 is 0. The summed E-state index contributed by atoms with van der Waals surface area (Å²) in [5.74, 6) is -0.804. The maximum absolute atomic E-state index is 10.5. The van der Waals surface area contributed by atoms with Crippen LogP contribution in [0.4, 0.5) is 0 Å². The molecule has 0 bridgehead atoms. The quantitative estimate of drug-likeness (QED) is 0.843. The monoisotopic (exact) mass is 244 g/mol. The molecule has 4 heteroatoms. The van der Waals surface area contributed by atoms with Crippen LogP contribution in [0.25, 0.3) is 10.8 Å². The number of pyridine rings is 1. The number of nitrogens with two attached hydrogens (primary N) is 1. The Morgan fingerprint density at radius 1 is 1.33 bits per heavy atom. The molecule has 2 aromatic rings. The van der Waals surface area contributed by atoms with E-state index in [1.165, 1.54) is 0 Å². The summed E-state index contributed by atoms with van der Waals surface area (Å²) >= 11 is 0. The van der Waals surface area contributed by atoms with Gasteiger partial charge in [0, 0.05) is 30.2 Å². The molecule has 0 aliphatic rings. The first-order chi connectivity index (χ1) is 8.66. The van der Waals surface area contributed by atoms with Crippen molar-refractivity contribution in [1.82, 2.24) is 4.98 Å². The summed E-state index contributed by atoms with van der Waals surface area (Å²) in [5, 5.41) is 10.9. The van der Waals surface area contributed by atoms with E-state index < -0.39 is 5.97 Å². The first-order valence-electron chi connectivity index (χ1n) is 5.96. The molecule has 1 unspecified atom stereocenters. The minimum atomic E-state index is -0.804. The number of fused-ring (bicyclic) bond motifs is 1. The SMILES string of the molecule is NC(CCC(=O)O)Cc1cncc2ccccc12. The Morgan fingerprint density at radius 3 is 2.89 bits per heavy atom. The highest BCUT2D eigenvalue weighted by atomic mass is 16.4. The minimum Gasteiger partial charge on any atom is -0.481 e. The third kappa shape index (κ3) is 3.05. The molecular weight excluding hydrogens is 228 g/mol. The van der Waals surface area contributed by atoms with Gasteiger partial charge < -0.3 is 10.8 Å². The first-order valence-corrected chi connectivity index (χ1v) is 5.96. The molecule has 0 aliphatic heterocycles. The van der Waals surface area contributed by atoms with Crippen LogP contribution < -0.4 is 5.73 Å². The van der Waals surface area contributed by atoms with Crippen molar-refractivity contribution in [3.63, 3.8) is 0 Å². The largest absolute Gasteiger partial charge is 0.481 e. The van der Waals surface area contributed by atoms with Gasteiger partial charge in [-0.2, -0.15) is 0 Å². The van der Waals surface area contributed by atoms with E-state index in [9.17, 15) is 4.79 Å². The van der Waals surface area contributed by atoms with Gasteiger partial charge in [-0.1, -0.05) is 24.3 Å². The fourth-order valence-electron chi connectivity index (χ4n) is 2.04. The van der Waals surface area contributed by atoms with E-state index in [0.717, 1.165) is 16.3 Å². The van der Waals surface area contributed by atoms with E-state index in [-0.39, 0.29) is 12.5 Å². The van der Waals surface area contributed by atoms with Crippen molar-refractivity contribution in [3.05, 3.63) is 42.2 Å². The Kier molecular flexibility index (Phi) is 3.89. The van der Waals surface area contributed by atoms with E-state index in [2.05, 4.69) is 4.98 Å². The summed E-state index contributed by atoms with van der Waals surface area (Å²) in [5.41, 5.74) is 7.03. The number of rotatable bonds is 5. The Labute approximate surface area is 105 Å². The number of carboxylic acids is 1. The van der Waals surface area contributed by atoms with E-state index in [4.69, 9.17) is 10.8 Å². The van der Waals surface area contributed by atoms with Gasteiger partial charge in [0.15, 0.2) is 0 Å². The number of carbonyl (C=O) groups is 1. The molecular formula is C14H16N2O2. The molecule has 0 saturated carbocycles. The molecule has 4 nitrogen and oxygen atoms in total. The lowest BCUT2D eigenvalue weighted by atomic mass is 9.99. The van der Waals surface area contributed by atoms with E-state index in [1.807, 2.05) is 36.7 Å². The van der Waals surface area contributed by atoms with Crippen molar-refractivity contribution in [2.24, 2.45) is 5.73 Å². The van der Waals surface area contributed by atoms with Gasteiger partial charge in [0.1, 0.15) is 0 Å². The summed E-state index contributed by atoms with van der Waals surface area (Å²) in [6.45, 7) is 0. The number of nitrogens with zero attached hydrogens (tertiary/aromatic N) is 1. The maximum Gasteiger partial charge on any atom is 0.303 e. The molecule has 0 saturated heterocycles. The normalized spacial score (nSPS) is 12.5. The number of hydrogen-bond donors (Lipinski definition) is 2. The lowest BCUT2D eigenvalue weighted by Gasteiger charge is -2.11. The highest BCUT2D eigenvalue weighted by Gasteiger charge is 2.09. The lowest BCUT2D eigenvalue weighted by Crippen LogP contribution is -2.24. The zero-order valence-corrected chi connectivity index (χ0v) is 10.0. The van der Waals surface area contributed by atoms with Crippen molar-refractivity contribution in [3.8, 4) is 0 Å². The lowest BCUT2D eigenvalue weighted by molar-refractivity contribution is -0.137. The van der Waals surface area contributed by atoms with Gasteiger partial charge in [-0.15, -0.1) is 0 Å². The van der Waals surface area contributed by atoms with Gasteiger partial charge in [-0.3, -0.25) is 9.78 Å². The third-order valence-electron chi connectivity index (χ3n) is 2.96. The second-order valence-electron chi connectivity index (χ2n) is 4.42. The number of benzene rings is 1. The summed E-state index contributed by atoms with van der Waals surface area (Å²) in [6.07, 6.45) is 4.88. The molecule has 0 aliphatic carbocycles. The van der Waals surface area contributed by atoms with E-state index >= 15 is 0 Å². The number of carboxylic acid groups (broad SMARTS) is 1. The Hall–Kier alpha value is -1.94. The Balaban J connectivity index is 2.14. The molecule has 0 radical (unpaired) electrons. The number of aromatic nitrogens is 1. The summed E-state index contributed by atoms with van der Waals surface area (Å²) in [4.78, 5) is 14.7. The fraction of sp³-hybridized carbons (Fsp3) is 0.286. The Bertz CT molecular complexity index is 549. The van der Waals surface area contributed by atoms with Gasteiger partial charge in [0.2, 0.25) is 0 Å². The van der Waals surface area contributed by atoms with Crippen LogP contribution in [-0.4, -0.2) is 22.1 Å². The average Bonchev–Trinajstić information content (AvgIpc) is 2.37. The van der Waals surface area contributed by atoms with Crippen LogP contribution in [-0.2, 0) is 11.2 Å². The molecule has 94 valence electrons. The van der Waals surface area contributed by atoms with Crippen LogP contribution in [0.5, 0.6) is 0 Å². The molecule has 18 heavy (non-hydrogen) atoms. The summed E-state index contributed by atoms with van der Waals surface area (Å²) in [7, 11) is 0. The van der Waals surface area contributed by atoms with Gasteiger partial charge in [0.25, 0.3) is 0 Å². The van der Waals surface area contributed by atoms with Crippen molar-refractivity contribution in [1.29, 1.82) is 0 Å². The fourth-order valence-corrected chi connectivity index (χ4v) is 2.04. The van der Waals surface area contributed by atoms with E-state index in [1.54, 1.807) is 0 Å². The van der Waals surface area contributed by atoms with Crippen LogP contribution in [0, 0.1) is 0 Å². The zero-order valence-electron chi connectivity index (χ0n) is 10.0. The molecule has 0 amide bonds. The van der Waals surface area contributed by atoms with Crippen LogP contribution in [0.15, 0.2) is 36.7 Å². The van der Waals surface area contributed by atoms with Crippen LogP contribution in [0.3, 0.4) is 0 Å². The van der Waals surface area contributed by atoms with Gasteiger partial charge >= 0.3 is 5.97 Å². The topological polar surface area (TPSA) is 76.2 Å². The van der Waals surface area contributed by atoms with Gasteiger partial charge in [-0.05, 0) is 23.8 Å². The standard InChI is InChI=1S/C14H16N2O2/c15-12(5-6-14(17)18)7-11-9-16-8-10-3-1-2-4-13(10)11/h1-4,8-9,12H,5-7,15H2,(H,17,18). The van der Waals surface area contributed by atoms with Crippen molar-refractivity contribution >= 4 is 16.7 Å². The highest BCUT2D eigenvalue weighted by Crippen LogP contribution is 2.18. The molecule has 1 atom stereocenters. The second-order valence-corrected chi connectivity index (χ2v) is 4.42. The van der Waals surface area contributed by atoms with E-state index in [0.29, 0.717) is 12.8 Å². The predicted octanol–water partition coefficient (Wildman–Crippen LogP) is 1.97. The third-order valence-corrected chi connectivity index (χ3v) is 2.96. The maximum atomic E-state index is 10.5. The molecule has 1 aromatic heterocycles.